The van der Waals surface area contributed by atoms with Crippen molar-refractivity contribution in [2.24, 2.45) is 5.92 Å². The molecule has 2 fully saturated rings. The Labute approximate surface area is 125 Å². The zero-order valence-electron chi connectivity index (χ0n) is 14.0. The number of carbonyl (C=O) groups excluding carboxylic acids is 1. The standard InChI is InChI=1S/C9H17NO.C5H12N2.C2H6/c1-2-5-10-6-3-9(8-11)4-7-10;1-7-4-2-6-3-5-7;1-2/h8-9H,2-7H2,1H3;6H,2-5H2,1H3;1-2H3. The highest BCUT2D eigenvalue weighted by Gasteiger charge is 2.16. The first-order valence-corrected chi connectivity index (χ1v) is 8.33. The number of nitrogens with zero attached hydrogens (tertiary/aromatic N) is 2. The van der Waals surface area contributed by atoms with Crippen LogP contribution in [0.3, 0.4) is 0 Å². The van der Waals surface area contributed by atoms with Crippen LogP contribution in [-0.4, -0.2) is 68.9 Å². The lowest BCUT2D eigenvalue weighted by Crippen LogP contribution is -2.40. The van der Waals surface area contributed by atoms with Gasteiger partial charge in [0, 0.05) is 32.1 Å². The molecule has 0 aromatic rings. The Hall–Kier alpha value is -0.450. The van der Waals surface area contributed by atoms with Gasteiger partial charge in [-0.15, -0.1) is 0 Å². The smallest absolute Gasteiger partial charge is 0.123 e. The molecular formula is C16H35N3O. The number of likely N-dealkylation sites (N-methyl/N-ethyl adjacent to an activating group) is 1. The summed E-state index contributed by atoms with van der Waals surface area (Å²) in [6.45, 7) is 14.4. The summed E-state index contributed by atoms with van der Waals surface area (Å²) in [5.41, 5.74) is 0. The van der Waals surface area contributed by atoms with Crippen LogP contribution in [-0.2, 0) is 4.79 Å². The van der Waals surface area contributed by atoms with Gasteiger partial charge in [-0.25, -0.2) is 0 Å². The van der Waals surface area contributed by atoms with Crippen molar-refractivity contribution in [3.63, 3.8) is 0 Å². The molecule has 4 heteroatoms. The van der Waals surface area contributed by atoms with Crippen molar-refractivity contribution in [2.75, 3.05) is 52.9 Å². The molecule has 0 aromatic carbocycles. The Balaban J connectivity index is 0.000000345. The van der Waals surface area contributed by atoms with Crippen LogP contribution in [0.15, 0.2) is 0 Å². The lowest BCUT2D eigenvalue weighted by molar-refractivity contribution is -0.112. The van der Waals surface area contributed by atoms with Crippen molar-refractivity contribution in [1.82, 2.24) is 15.1 Å². The summed E-state index contributed by atoms with van der Waals surface area (Å²) in [5.74, 6) is 0.350. The molecule has 2 rings (SSSR count). The van der Waals surface area contributed by atoms with Crippen LogP contribution >= 0.6 is 0 Å². The van der Waals surface area contributed by atoms with Crippen molar-refractivity contribution < 1.29 is 4.79 Å². The van der Waals surface area contributed by atoms with Crippen LogP contribution in [0.4, 0.5) is 0 Å². The van der Waals surface area contributed by atoms with E-state index in [1.165, 1.54) is 26.1 Å². The number of aldehydes is 1. The number of hydrogen-bond acceptors (Lipinski definition) is 4. The first-order chi connectivity index (χ1) is 9.76. The minimum absolute atomic E-state index is 0.350. The van der Waals surface area contributed by atoms with Crippen molar-refractivity contribution in [3.05, 3.63) is 0 Å². The lowest BCUT2D eigenvalue weighted by atomic mass is 9.99. The number of likely N-dealkylation sites (tertiary alicyclic amines) is 1. The summed E-state index contributed by atoms with van der Waals surface area (Å²) < 4.78 is 0. The molecule has 0 radical (unpaired) electrons. The Kier molecular flexibility index (Phi) is 13.2. The number of nitrogens with one attached hydrogen (secondary N) is 1. The third-order valence-electron chi connectivity index (χ3n) is 3.71. The fourth-order valence-electron chi connectivity index (χ4n) is 2.41. The molecule has 0 spiro atoms. The van der Waals surface area contributed by atoms with E-state index in [1.807, 2.05) is 13.8 Å². The second kappa shape index (κ2) is 13.5. The molecule has 2 aliphatic rings. The molecule has 2 saturated heterocycles. The molecule has 0 bridgehead atoms. The predicted molar refractivity (Wildman–Crippen MR) is 87.2 cm³/mol. The summed E-state index contributed by atoms with van der Waals surface area (Å²) in [7, 11) is 2.15. The summed E-state index contributed by atoms with van der Waals surface area (Å²) in [5, 5.41) is 3.27. The first kappa shape index (κ1) is 19.6. The van der Waals surface area contributed by atoms with E-state index in [-0.39, 0.29) is 0 Å². The van der Waals surface area contributed by atoms with Gasteiger partial charge in [-0.1, -0.05) is 20.8 Å². The number of carbonyl (C=O) groups is 1. The van der Waals surface area contributed by atoms with E-state index in [0.29, 0.717) is 5.92 Å². The number of piperidine rings is 1. The topological polar surface area (TPSA) is 35.6 Å². The second-order valence-electron chi connectivity index (χ2n) is 5.37. The third-order valence-corrected chi connectivity index (χ3v) is 3.71. The molecule has 4 nitrogen and oxygen atoms in total. The second-order valence-corrected chi connectivity index (χ2v) is 5.37. The molecule has 2 heterocycles. The third kappa shape index (κ3) is 9.45. The van der Waals surface area contributed by atoms with E-state index in [1.54, 1.807) is 0 Å². The molecule has 20 heavy (non-hydrogen) atoms. The first-order valence-electron chi connectivity index (χ1n) is 8.33. The zero-order chi connectivity index (χ0) is 15.2. The molecule has 0 amide bonds. The van der Waals surface area contributed by atoms with E-state index in [0.717, 1.165) is 45.3 Å². The van der Waals surface area contributed by atoms with E-state index in [4.69, 9.17) is 0 Å². The molecule has 1 N–H and O–H groups in total. The molecule has 0 unspecified atom stereocenters. The Bertz CT molecular complexity index is 210. The zero-order valence-corrected chi connectivity index (χ0v) is 14.0. The minimum Gasteiger partial charge on any atom is -0.314 e. The van der Waals surface area contributed by atoms with Gasteiger partial charge in [-0.3, -0.25) is 0 Å². The maximum absolute atomic E-state index is 10.4. The van der Waals surface area contributed by atoms with Gasteiger partial charge in [0.25, 0.3) is 0 Å². The molecule has 0 aromatic heterocycles. The van der Waals surface area contributed by atoms with Crippen LogP contribution in [0, 0.1) is 5.92 Å². The van der Waals surface area contributed by atoms with Crippen LogP contribution in [0.1, 0.15) is 40.0 Å². The maximum Gasteiger partial charge on any atom is 0.123 e. The molecule has 0 saturated carbocycles. The summed E-state index contributed by atoms with van der Waals surface area (Å²) in [6.07, 6.45) is 4.49. The highest BCUT2D eigenvalue weighted by atomic mass is 16.1. The fraction of sp³-hybridized carbons (Fsp3) is 0.938. The molecule has 0 atom stereocenters. The van der Waals surface area contributed by atoms with Gasteiger partial charge in [-0.2, -0.15) is 0 Å². The molecule has 0 aliphatic carbocycles. The van der Waals surface area contributed by atoms with E-state index in [2.05, 4.69) is 29.1 Å². The predicted octanol–water partition coefficient (Wildman–Crippen LogP) is 1.85. The van der Waals surface area contributed by atoms with Crippen molar-refractivity contribution in [1.29, 1.82) is 0 Å². The monoisotopic (exact) mass is 285 g/mol. The Morgan fingerprint density at radius 3 is 2.00 bits per heavy atom. The number of piperazine rings is 1. The normalized spacial score (nSPS) is 21.2. The summed E-state index contributed by atoms with van der Waals surface area (Å²) >= 11 is 0. The van der Waals surface area contributed by atoms with Gasteiger partial charge in [0.2, 0.25) is 0 Å². The number of hydrogen-bond donors (Lipinski definition) is 1. The number of rotatable bonds is 3. The van der Waals surface area contributed by atoms with Gasteiger partial charge in [0.05, 0.1) is 0 Å². The van der Waals surface area contributed by atoms with Crippen LogP contribution < -0.4 is 5.32 Å². The van der Waals surface area contributed by atoms with E-state index >= 15 is 0 Å². The molecular weight excluding hydrogens is 250 g/mol. The van der Waals surface area contributed by atoms with E-state index in [9.17, 15) is 4.79 Å². The van der Waals surface area contributed by atoms with Gasteiger partial charge >= 0.3 is 0 Å². The molecule has 2 aliphatic heterocycles. The lowest BCUT2D eigenvalue weighted by Gasteiger charge is -2.28. The van der Waals surface area contributed by atoms with Gasteiger partial charge in [0.15, 0.2) is 0 Å². The van der Waals surface area contributed by atoms with Crippen LogP contribution in [0.25, 0.3) is 0 Å². The van der Waals surface area contributed by atoms with Gasteiger partial charge in [0.1, 0.15) is 6.29 Å². The minimum atomic E-state index is 0.350. The van der Waals surface area contributed by atoms with Crippen molar-refractivity contribution in [3.8, 4) is 0 Å². The quantitative estimate of drug-likeness (QED) is 0.803. The van der Waals surface area contributed by atoms with Crippen LogP contribution in [0.5, 0.6) is 0 Å². The summed E-state index contributed by atoms with van der Waals surface area (Å²) in [4.78, 5) is 15.2. The SMILES string of the molecule is CC.CCCN1CCC(C=O)CC1.CN1CCNCC1. The van der Waals surface area contributed by atoms with E-state index < -0.39 is 0 Å². The van der Waals surface area contributed by atoms with Crippen molar-refractivity contribution >= 4 is 6.29 Å². The Morgan fingerprint density at radius 2 is 1.65 bits per heavy atom. The largest absolute Gasteiger partial charge is 0.314 e. The molecule has 120 valence electrons. The van der Waals surface area contributed by atoms with Crippen LogP contribution in [0.2, 0.25) is 0 Å². The Morgan fingerprint density at radius 1 is 1.10 bits per heavy atom. The highest BCUT2D eigenvalue weighted by Crippen LogP contribution is 2.14. The van der Waals surface area contributed by atoms with Gasteiger partial charge < -0.3 is 19.9 Å². The highest BCUT2D eigenvalue weighted by molar-refractivity contribution is 5.53. The average molecular weight is 285 g/mol. The summed E-state index contributed by atoms with van der Waals surface area (Å²) in [6, 6.07) is 0. The van der Waals surface area contributed by atoms with Gasteiger partial charge in [-0.05, 0) is 45.9 Å². The van der Waals surface area contributed by atoms with Crippen molar-refractivity contribution in [2.45, 2.75) is 40.0 Å². The average Bonchev–Trinajstić information content (AvgIpc) is 2.52. The maximum atomic E-state index is 10.4. The fourth-order valence-corrected chi connectivity index (χ4v) is 2.41.